The van der Waals surface area contributed by atoms with Crippen molar-refractivity contribution in [3.05, 3.63) is 70.0 Å². The Balaban J connectivity index is 1.81. The van der Waals surface area contributed by atoms with Crippen LogP contribution in [0.4, 0.5) is 4.39 Å². The van der Waals surface area contributed by atoms with Gasteiger partial charge in [0, 0.05) is 5.56 Å². The molecule has 210 valence electrons. The van der Waals surface area contributed by atoms with E-state index in [0.29, 0.717) is 23.6 Å². The van der Waals surface area contributed by atoms with Crippen molar-refractivity contribution in [2.24, 2.45) is 21.7 Å². The third-order valence-corrected chi connectivity index (χ3v) is 8.71. The van der Waals surface area contributed by atoms with Crippen LogP contribution in [-0.2, 0) is 4.79 Å². The molecule has 0 radical (unpaired) electrons. The summed E-state index contributed by atoms with van der Waals surface area (Å²) in [6.45, 7) is 13.3. The van der Waals surface area contributed by atoms with Crippen LogP contribution in [0, 0.1) is 22.6 Å². The third kappa shape index (κ3) is 6.21. The smallest absolute Gasteiger partial charge is 0.335 e. The van der Waals surface area contributed by atoms with Crippen LogP contribution in [0.5, 0.6) is 0 Å². The van der Waals surface area contributed by atoms with E-state index in [0.717, 1.165) is 37.7 Å². The number of hydrogen-bond donors (Lipinski definition) is 1. The van der Waals surface area contributed by atoms with E-state index in [-0.39, 0.29) is 33.4 Å². The second-order valence-corrected chi connectivity index (χ2v) is 13.8. The number of hydrogen-bond acceptors (Lipinski definition) is 3. The van der Waals surface area contributed by atoms with E-state index >= 15 is 0 Å². The quantitative estimate of drug-likeness (QED) is 0.390. The van der Waals surface area contributed by atoms with Crippen LogP contribution in [-0.4, -0.2) is 33.3 Å². The summed E-state index contributed by atoms with van der Waals surface area (Å²) >= 11 is 6.12. The van der Waals surface area contributed by atoms with E-state index in [9.17, 15) is 19.1 Å². The number of aliphatic imine (C=N–C) groups is 1. The Bertz CT molecular complexity index is 1270. The number of benzene rings is 2. The van der Waals surface area contributed by atoms with Crippen molar-refractivity contribution < 1.29 is 19.1 Å². The highest BCUT2D eigenvalue weighted by Crippen LogP contribution is 2.50. The molecule has 0 unspecified atom stereocenters. The first kappa shape index (κ1) is 29.3. The second kappa shape index (κ2) is 10.7. The van der Waals surface area contributed by atoms with Gasteiger partial charge in [-0.05, 0) is 91.2 Å². The zero-order valence-electron chi connectivity index (χ0n) is 23.9. The Hall–Kier alpha value is -2.73. The summed E-state index contributed by atoms with van der Waals surface area (Å²) in [5, 5.41) is 9.41. The largest absolute Gasteiger partial charge is 0.478 e. The highest BCUT2D eigenvalue weighted by molar-refractivity contribution is 6.47. The van der Waals surface area contributed by atoms with Gasteiger partial charge in [-0.2, -0.15) is 0 Å². The Morgan fingerprint density at radius 3 is 2.23 bits per heavy atom. The highest BCUT2D eigenvalue weighted by Gasteiger charge is 2.52. The molecule has 0 aromatic heterocycles. The third-order valence-electron chi connectivity index (χ3n) is 8.42. The van der Waals surface area contributed by atoms with E-state index in [4.69, 9.17) is 16.6 Å². The number of nitrogens with zero attached hydrogens (tertiary/aromatic N) is 2. The van der Waals surface area contributed by atoms with Gasteiger partial charge in [0.25, 0.3) is 5.91 Å². The van der Waals surface area contributed by atoms with E-state index in [1.54, 1.807) is 18.2 Å². The van der Waals surface area contributed by atoms with E-state index in [1.807, 2.05) is 17.0 Å². The van der Waals surface area contributed by atoms with E-state index in [2.05, 4.69) is 41.5 Å². The fraction of sp³-hybridized carbons (Fsp3) is 0.531. The van der Waals surface area contributed by atoms with Gasteiger partial charge in [0.15, 0.2) is 0 Å². The molecular weight excluding hydrogens is 515 g/mol. The number of carbonyl (C=O) groups is 2. The van der Waals surface area contributed by atoms with Gasteiger partial charge in [-0.1, -0.05) is 65.3 Å². The SMILES string of the molecule is CC(C)(C)CC[C@H](c1ccc(C(=O)O)cc1)N1C(=O)C(c2ccc(F)c(Cl)c2)=NC12CCC(C(C)(C)C)CC2. The monoisotopic (exact) mass is 554 g/mol. The Morgan fingerprint density at radius 1 is 1.10 bits per heavy atom. The summed E-state index contributed by atoms with van der Waals surface area (Å²) in [5.74, 6) is -1.19. The van der Waals surface area contributed by atoms with Crippen LogP contribution in [0.3, 0.4) is 0 Å². The lowest BCUT2D eigenvalue weighted by Gasteiger charge is -2.47. The number of halogens is 2. The van der Waals surface area contributed by atoms with Gasteiger partial charge < -0.3 is 10.0 Å². The fourth-order valence-electron chi connectivity index (χ4n) is 6.04. The summed E-state index contributed by atoms with van der Waals surface area (Å²) in [5.41, 5.74) is 1.40. The van der Waals surface area contributed by atoms with Gasteiger partial charge in [-0.3, -0.25) is 9.79 Å². The molecule has 4 rings (SSSR count). The van der Waals surface area contributed by atoms with Crippen LogP contribution in [0.1, 0.15) is 108 Å². The van der Waals surface area contributed by atoms with Gasteiger partial charge in [0.2, 0.25) is 0 Å². The maximum Gasteiger partial charge on any atom is 0.335 e. The fourth-order valence-corrected chi connectivity index (χ4v) is 6.22. The van der Waals surface area contributed by atoms with Crippen LogP contribution < -0.4 is 0 Å². The molecule has 2 aromatic carbocycles. The first-order valence-corrected chi connectivity index (χ1v) is 14.2. The number of rotatable bonds is 6. The minimum atomic E-state index is -0.985. The average molecular weight is 555 g/mol. The molecule has 1 aliphatic heterocycles. The van der Waals surface area contributed by atoms with Crippen LogP contribution >= 0.6 is 11.6 Å². The first-order chi connectivity index (χ1) is 18.1. The highest BCUT2D eigenvalue weighted by atomic mass is 35.5. The molecule has 0 bridgehead atoms. The van der Waals surface area contributed by atoms with Crippen molar-refractivity contribution in [2.45, 2.75) is 91.8 Å². The predicted molar refractivity (Wildman–Crippen MR) is 154 cm³/mol. The lowest BCUT2D eigenvalue weighted by atomic mass is 9.69. The van der Waals surface area contributed by atoms with Crippen molar-refractivity contribution in [2.75, 3.05) is 0 Å². The molecule has 7 heteroatoms. The predicted octanol–water partition coefficient (Wildman–Crippen LogP) is 8.31. The van der Waals surface area contributed by atoms with Crippen molar-refractivity contribution in [1.29, 1.82) is 0 Å². The molecule has 0 saturated heterocycles. The molecule has 2 aromatic rings. The summed E-state index contributed by atoms with van der Waals surface area (Å²) in [6, 6.07) is 10.9. The number of aromatic carboxylic acids is 1. The minimum absolute atomic E-state index is 0.0350. The number of carboxylic acid groups (broad SMARTS) is 1. The minimum Gasteiger partial charge on any atom is -0.478 e. The molecule has 1 fully saturated rings. The maximum absolute atomic E-state index is 14.3. The molecule has 5 nitrogen and oxygen atoms in total. The van der Waals surface area contributed by atoms with Crippen LogP contribution in [0.15, 0.2) is 47.5 Å². The molecule has 1 aliphatic carbocycles. The maximum atomic E-state index is 14.3. The average Bonchev–Trinajstić information content (AvgIpc) is 3.12. The molecule has 1 saturated carbocycles. The Kier molecular flexibility index (Phi) is 8.01. The lowest BCUT2D eigenvalue weighted by molar-refractivity contribution is -0.134. The van der Waals surface area contributed by atoms with Crippen molar-refractivity contribution in [3.8, 4) is 0 Å². The zero-order chi connectivity index (χ0) is 28.8. The van der Waals surface area contributed by atoms with Crippen molar-refractivity contribution in [3.63, 3.8) is 0 Å². The normalized spacial score (nSPS) is 22.8. The number of carbonyl (C=O) groups excluding carboxylic acids is 1. The lowest BCUT2D eigenvalue weighted by Crippen LogP contribution is -2.51. The number of amides is 1. The van der Waals surface area contributed by atoms with Crippen molar-refractivity contribution >= 4 is 29.2 Å². The van der Waals surface area contributed by atoms with Gasteiger partial charge >= 0.3 is 5.97 Å². The molecule has 1 amide bonds. The van der Waals surface area contributed by atoms with Gasteiger partial charge in [0.05, 0.1) is 16.6 Å². The van der Waals surface area contributed by atoms with Crippen LogP contribution in [0.25, 0.3) is 0 Å². The summed E-state index contributed by atoms with van der Waals surface area (Å²) in [6.07, 6.45) is 4.92. The standard InChI is InChI=1S/C32H40ClFN2O3/c1-30(2,3)16-15-26(20-7-9-21(10-8-20)29(38)39)36-28(37)27(22-11-12-25(34)24(33)19-22)35-32(36)17-13-23(14-18-32)31(4,5)6/h7-12,19,23,26H,13-18H2,1-6H3,(H,38,39)/t23?,26-,32?/m1/s1. The molecular formula is C32H40ClFN2O3. The Morgan fingerprint density at radius 2 is 1.72 bits per heavy atom. The number of carboxylic acids is 1. The summed E-state index contributed by atoms with van der Waals surface area (Å²) in [4.78, 5) is 33.0. The Labute approximate surface area is 236 Å². The van der Waals surface area contributed by atoms with Gasteiger partial charge in [-0.25, -0.2) is 9.18 Å². The molecule has 1 spiro atoms. The van der Waals surface area contributed by atoms with Gasteiger partial charge in [-0.15, -0.1) is 0 Å². The van der Waals surface area contributed by atoms with Gasteiger partial charge in [0.1, 0.15) is 17.2 Å². The zero-order valence-corrected chi connectivity index (χ0v) is 24.6. The van der Waals surface area contributed by atoms with Crippen LogP contribution in [0.2, 0.25) is 5.02 Å². The topological polar surface area (TPSA) is 70.0 Å². The molecule has 2 aliphatic rings. The first-order valence-electron chi connectivity index (χ1n) is 13.8. The second-order valence-electron chi connectivity index (χ2n) is 13.4. The summed E-state index contributed by atoms with van der Waals surface area (Å²) in [7, 11) is 0. The van der Waals surface area contributed by atoms with Crippen molar-refractivity contribution in [1.82, 2.24) is 4.90 Å². The molecule has 1 heterocycles. The summed E-state index contributed by atoms with van der Waals surface area (Å²) < 4.78 is 14.0. The molecule has 39 heavy (non-hydrogen) atoms. The van der Waals surface area contributed by atoms with E-state index < -0.39 is 17.4 Å². The molecule has 1 N–H and O–H groups in total. The van der Waals surface area contributed by atoms with E-state index in [1.165, 1.54) is 12.1 Å². The molecule has 1 atom stereocenters.